The van der Waals surface area contributed by atoms with E-state index in [1.165, 1.54) is 0 Å². The van der Waals surface area contributed by atoms with Crippen LogP contribution >= 0.6 is 23.2 Å². The van der Waals surface area contributed by atoms with E-state index in [9.17, 15) is 10.1 Å². The van der Waals surface area contributed by atoms with E-state index in [0.29, 0.717) is 22.2 Å². The van der Waals surface area contributed by atoms with Gasteiger partial charge in [0, 0.05) is 12.6 Å². The lowest BCUT2D eigenvalue weighted by atomic mass is 9.96. The minimum atomic E-state index is -0.843. The average molecular weight is 319 g/mol. The van der Waals surface area contributed by atoms with Gasteiger partial charge in [0.2, 0.25) is 0 Å². The Kier molecular flexibility index (Phi) is 5.32. The highest BCUT2D eigenvalue weighted by molar-refractivity contribution is 6.42. The fraction of sp³-hybridized carbons (Fsp3) is 0.188. The molecule has 0 aliphatic carbocycles. The molecule has 0 radical (unpaired) electrons. The lowest BCUT2D eigenvalue weighted by molar-refractivity contribution is -0.119. The number of nitriles is 1. The Balaban J connectivity index is 2.08. The van der Waals surface area contributed by atoms with Gasteiger partial charge in [-0.05, 0) is 30.2 Å². The summed E-state index contributed by atoms with van der Waals surface area (Å²) >= 11 is 12.0. The van der Waals surface area contributed by atoms with E-state index >= 15 is 0 Å². The third kappa shape index (κ3) is 3.81. The lowest BCUT2D eigenvalue weighted by Gasteiger charge is -2.09. The van der Waals surface area contributed by atoms with Crippen LogP contribution < -0.4 is 0 Å². The SMILES string of the molecule is N#CC(C(=O)CCc1cccc(Cl)c1Cl)c1ccccn1. The Morgan fingerprint density at radius 3 is 2.71 bits per heavy atom. The monoisotopic (exact) mass is 318 g/mol. The first-order chi connectivity index (χ1) is 10.1. The van der Waals surface area contributed by atoms with Crippen LogP contribution in [-0.4, -0.2) is 10.8 Å². The minimum Gasteiger partial charge on any atom is -0.298 e. The molecule has 0 aliphatic heterocycles. The van der Waals surface area contributed by atoms with Gasteiger partial charge in [-0.1, -0.05) is 41.4 Å². The first-order valence-electron chi connectivity index (χ1n) is 6.39. The minimum absolute atomic E-state index is 0.174. The molecule has 21 heavy (non-hydrogen) atoms. The number of benzene rings is 1. The Hall–Kier alpha value is -1.89. The van der Waals surface area contributed by atoms with Gasteiger partial charge in [-0.2, -0.15) is 5.26 Å². The maximum atomic E-state index is 12.2. The number of carbonyl (C=O) groups excluding carboxylic acids is 1. The van der Waals surface area contributed by atoms with Gasteiger partial charge in [-0.25, -0.2) is 0 Å². The number of Topliss-reactive ketones (excluding diaryl/α,β-unsaturated/α-hetero) is 1. The van der Waals surface area contributed by atoms with Crippen LogP contribution in [0.1, 0.15) is 23.6 Å². The van der Waals surface area contributed by atoms with Crippen LogP contribution in [0, 0.1) is 11.3 Å². The van der Waals surface area contributed by atoms with Crippen LogP contribution in [0.2, 0.25) is 10.0 Å². The van der Waals surface area contributed by atoms with Crippen LogP contribution in [0.4, 0.5) is 0 Å². The molecule has 1 aromatic heterocycles. The zero-order valence-corrected chi connectivity index (χ0v) is 12.6. The van der Waals surface area contributed by atoms with Crippen molar-refractivity contribution in [3.8, 4) is 6.07 Å². The highest BCUT2D eigenvalue weighted by Gasteiger charge is 2.21. The summed E-state index contributed by atoms with van der Waals surface area (Å²) in [5, 5.41) is 10.1. The second-order valence-corrected chi connectivity index (χ2v) is 5.28. The molecule has 1 unspecified atom stereocenters. The first-order valence-corrected chi connectivity index (χ1v) is 7.15. The molecule has 0 aliphatic rings. The van der Waals surface area contributed by atoms with Crippen molar-refractivity contribution in [2.75, 3.05) is 0 Å². The van der Waals surface area contributed by atoms with Gasteiger partial charge >= 0.3 is 0 Å². The van der Waals surface area contributed by atoms with Gasteiger partial charge in [0.25, 0.3) is 0 Å². The van der Waals surface area contributed by atoms with Gasteiger partial charge in [-0.15, -0.1) is 0 Å². The maximum absolute atomic E-state index is 12.2. The molecule has 0 N–H and O–H groups in total. The smallest absolute Gasteiger partial charge is 0.156 e. The number of aromatic nitrogens is 1. The van der Waals surface area contributed by atoms with Crippen LogP contribution in [0.25, 0.3) is 0 Å². The fourth-order valence-electron chi connectivity index (χ4n) is 1.99. The van der Waals surface area contributed by atoms with Crippen molar-refractivity contribution in [1.82, 2.24) is 4.98 Å². The molecule has 106 valence electrons. The highest BCUT2D eigenvalue weighted by Crippen LogP contribution is 2.27. The zero-order valence-electron chi connectivity index (χ0n) is 11.1. The largest absolute Gasteiger partial charge is 0.298 e. The zero-order chi connectivity index (χ0) is 15.2. The topological polar surface area (TPSA) is 53.8 Å². The Labute approximate surface area is 133 Å². The van der Waals surface area contributed by atoms with E-state index in [0.717, 1.165) is 5.56 Å². The van der Waals surface area contributed by atoms with Crippen LogP contribution in [0.5, 0.6) is 0 Å². The van der Waals surface area contributed by atoms with Gasteiger partial charge in [0.05, 0.1) is 21.8 Å². The molecular formula is C16H12Cl2N2O. The average Bonchev–Trinajstić information content (AvgIpc) is 2.50. The molecule has 3 nitrogen and oxygen atoms in total. The van der Waals surface area contributed by atoms with Crippen molar-refractivity contribution in [3.63, 3.8) is 0 Å². The van der Waals surface area contributed by atoms with Gasteiger partial charge in [0.15, 0.2) is 5.78 Å². The third-order valence-corrected chi connectivity index (χ3v) is 3.96. The quantitative estimate of drug-likeness (QED) is 0.830. The van der Waals surface area contributed by atoms with Crippen molar-refractivity contribution in [2.24, 2.45) is 0 Å². The van der Waals surface area contributed by atoms with Crippen molar-refractivity contribution in [3.05, 3.63) is 63.9 Å². The van der Waals surface area contributed by atoms with Gasteiger partial charge < -0.3 is 0 Å². The second kappa shape index (κ2) is 7.21. The normalized spacial score (nSPS) is 11.7. The molecule has 1 atom stereocenters. The second-order valence-electron chi connectivity index (χ2n) is 4.50. The van der Waals surface area contributed by atoms with Crippen LogP contribution in [0.15, 0.2) is 42.6 Å². The van der Waals surface area contributed by atoms with Crippen LogP contribution in [0.3, 0.4) is 0 Å². The Morgan fingerprint density at radius 1 is 1.24 bits per heavy atom. The molecule has 2 rings (SSSR count). The number of halogens is 2. The summed E-state index contributed by atoms with van der Waals surface area (Å²) in [6, 6.07) is 12.5. The number of hydrogen-bond acceptors (Lipinski definition) is 3. The highest BCUT2D eigenvalue weighted by atomic mass is 35.5. The number of hydrogen-bond donors (Lipinski definition) is 0. The number of ketones is 1. The summed E-state index contributed by atoms with van der Waals surface area (Å²) in [4.78, 5) is 16.3. The van der Waals surface area contributed by atoms with E-state index in [1.807, 2.05) is 12.1 Å². The predicted octanol–water partition coefficient (Wildman–Crippen LogP) is 4.20. The fourth-order valence-corrected chi connectivity index (χ4v) is 2.41. The van der Waals surface area contributed by atoms with E-state index in [1.54, 1.807) is 36.5 Å². The van der Waals surface area contributed by atoms with Crippen molar-refractivity contribution < 1.29 is 4.79 Å². The summed E-state index contributed by atoms with van der Waals surface area (Å²) in [5.41, 5.74) is 1.28. The molecular weight excluding hydrogens is 307 g/mol. The number of nitrogens with zero attached hydrogens (tertiary/aromatic N) is 2. The van der Waals surface area contributed by atoms with Gasteiger partial charge in [0.1, 0.15) is 5.92 Å². The molecule has 2 aromatic rings. The summed E-state index contributed by atoms with van der Waals surface area (Å²) in [7, 11) is 0. The molecule has 0 spiro atoms. The summed E-state index contributed by atoms with van der Waals surface area (Å²) < 4.78 is 0. The summed E-state index contributed by atoms with van der Waals surface area (Å²) in [5.74, 6) is -1.02. The number of rotatable bonds is 5. The number of carbonyl (C=O) groups is 1. The van der Waals surface area contributed by atoms with E-state index < -0.39 is 5.92 Å². The molecule has 0 saturated carbocycles. The molecule has 1 aromatic carbocycles. The first kappa shape index (κ1) is 15.5. The summed E-state index contributed by atoms with van der Waals surface area (Å²) in [6.07, 6.45) is 2.24. The predicted molar refractivity (Wildman–Crippen MR) is 82.4 cm³/mol. The van der Waals surface area contributed by atoms with Crippen molar-refractivity contribution in [1.29, 1.82) is 5.26 Å². The Morgan fingerprint density at radius 2 is 2.05 bits per heavy atom. The maximum Gasteiger partial charge on any atom is 0.156 e. The number of pyridine rings is 1. The number of aryl methyl sites for hydroxylation is 1. The standard InChI is InChI=1S/C16H12Cl2N2O/c17-13-5-3-4-11(16(13)18)7-8-15(21)12(10-19)14-6-1-2-9-20-14/h1-6,9,12H,7-8H2. The van der Waals surface area contributed by atoms with E-state index in [2.05, 4.69) is 4.98 Å². The van der Waals surface area contributed by atoms with E-state index in [-0.39, 0.29) is 12.2 Å². The van der Waals surface area contributed by atoms with Crippen molar-refractivity contribution >= 4 is 29.0 Å². The lowest BCUT2D eigenvalue weighted by Crippen LogP contribution is -2.13. The van der Waals surface area contributed by atoms with Crippen molar-refractivity contribution in [2.45, 2.75) is 18.8 Å². The van der Waals surface area contributed by atoms with E-state index in [4.69, 9.17) is 23.2 Å². The molecule has 0 fully saturated rings. The Bertz CT molecular complexity index is 680. The molecule has 0 bridgehead atoms. The molecule has 0 saturated heterocycles. The van der Waals surface area contributed by atoms with Gasteiger partial charge in [-0.3, -0.25) is 9.78 Å². The van der Waals surface area contributed by atoms with Crippen LogP contribution in [-0.2, 0) is 11.2 Å². The molecule has 1 heterocycles. The third-order valence-electron chi connectivity index (χ3n) is 3.11. The molecule has 0 amide bonds. The molecule has 5 heteroatoms. The summed E-state index contributed by atoms with van der Waals surface area (Å²) in [6.45, 7) is 0.